The highest BCUT2D eigenvalue weighted by Gasteiger charge is 2.19. The van der Waals surface area contributed by atoms with Crippen LogP contribution in [0.3, 0.4) is 0 Å². The number of amides is 1. The fourth-order valence-corrected chi connectivity index (χ4v) is 3.77. The third-order valence-corrected chi connectivity index (χ3v) is 5.10. The Morgan fingerprint density at radius 3 is 2.72 bits per heavy atom. The van der Waals surface area contributed by atoms with E-state index >= 15 is 0 Å². The molecule has 0 radical (unpaired) electrons. The number of carbonyl (C=O) groups is 1. The van der Waals surface area contributed by atoms with E-state index in [4.69, 9.17) is 10.6 Å². The van der Waals surface area contributed by atoms with Crippen molar-refractivity contribution >= 4 is 27.6 Å². The molecule has 0 saturated carbocycles. The molecule has 1 aromatic heterocycles. The Hall–Kier alpha value is -3.38. The number of guanidine groups is 1. The number of sulfonamides is 1. The molecule has 1 aliphatic rings. The molecule has 3 rings (SSSR count). The van der Waals surface area contributed by atoms with E-state index in [2.05, 4.69) is 20.5 Å². The lowest BCUT2D eigenvalue weighted by Crippen LogP contribution is -2.50. The van der Waals surface area contributed by atoms with E-state index in [0.717, 1.165) is 4.57 Å². The van der Waals surface area contributed by atoms with Gasteiger partial charge in [-0.25, -0.2) is 23.7 Å². The van der Waals surface area contributed by atoms with Gasteiger partial charge in [0.25, 0.3) is 5.56 Å². The fraction of sp³-hybridized carbons (Fsp3) is 0.235. The highest BCUT2D eigenvalue weighted by atomic mass is 32.2. The first-order valence-corrected chi connectivity index (χ1v) is 10.2. The number of aliphatic imine (C=N–C) groups is 1. The second kappa shape index (κ2) is 8.75. The van der Waals surface area contributed by atoms with E-state index in [9.17, 15) is 18.0 Å². The largest absolute Gasteiger partial charge is 0.368 e. The summed E-state index contributed by atoms with van der Waals surface area (Å²) >= 11 is 0. The Morgan fingerprint density at radius 1 is 1.28 bits per heavy atom. The summed E-state index contributed by atoms with van der Waals surface area (Å²) in [5.74, 6) is -0.695. The van der Waals surface area contributed by atoms with Gasteiger partial charge < -0.3 is 15.6 Å². The summed E-state index contributed by atoms with van der Waals surface area (Å²) in [5.41, 5.74) is 7.51. The van der Waals surface area contributed by atoms with Crippen LogP contribution >= 0.6 is 0 Å². The Balaban J connectivity index is 1.66. The zero-order valence-corrected chi connectivity index (χ0v) is 16.1. The van der Waals surface area contributed by atoms with Crippen molar-refractivity contribution < 1.29 is 18.0 Å². The van der Waals surface area contributed by atoms with Crippen LogP contribution in [0.1, 0.15) is 5.56 Å². The average molecular weight is 420 g/mol. The second-order valence-electron chi connectivity index (χ2n) is 6.20. The molecule has 29 heavy (non-hydrogen) atoms. The third-order valence-electron chi connectivity index (χ3n) is 3.85. The van der Waals surface area contributed by atoms with Gasteiger partial charge in [-0.2, -0.15) is 0 Å². The number of anilines is 1. The molecule has 1 unspecified atom stereocenters. The molecular weight excluding hydrogens is 400 g/mol. The maximum Gasteiger partial charge on any atom is 0.275 e. The summed E-state index contributed by atoms with van der Waals surface area (Å²) in [7, 11) is -3.80. The van der Waals surface area contributed by atoms with E-state index in [1.165, 1.54) is 18.3 Å². The number of nitrogens with one attached hydrogen (secondary N) is 3. The lowest BCUT2D eigenvalue weighted by atomic mass is 10.2. The van der Waals surface area contributed by atoms with Crippen LogP contribution in [0.5, 0.6) is 0 Å². The van der Waals surface area contributed by atoms with Crippen molar-refractivity contribution in [2.75, 3.05) is 11.3 Å². The SMILES string of the molecule is NC1=NCC(NC(=O)Cn2cccc(NS(=O)(=O)Cc3ccccc3)c2=O)ON1. The molecule has 0 saturated heterocycles. The molecule has 2 aromatic rings. The van der Waals surface area contributed by atoms with Crippen LogP contribution in [0.4, 0.5) is 5.69 Å². The van der Waals surface area contributed by atoms with Crippen molar-refractivity contribution in [3.8, 4) is 0 Å². The van der Waals surface area contributed by atoms with E-state index in [1.54, 1.807) is 30.3 Å². The molecule has 1 aliphatic heterocycles. The number of rotatable bonds is 7. The van der Waals surface area contributed by atoms with Gasteiger partial charge in [-0.05, 0) is 17.7 Å². The van der Waals surface area contributed by atoms with Crippen molar-refractivity contribution in [3.63, 3.8) is 0 Å². The Bertz CT molecular complexity index is 1070. The van der Waals surface area contributed by atoms with Gasteiger partial charge in [-0.15, -0.1) is 0 Å². The highest BCUT2D eigenvalue weighted by Crippen LogP contribution is 2.09. The molecule has 0 bridgehead atoms. The lowest BCUT2D eigenvalue weighted by Gasteiger charge is -2.21. The topological polar surface area (TPSA) is 157 Å². The Labute approximate surface area is 166 Å². The summed E-state index contributed by atoms with van der Waals surface area (Å²) < 4.78 is 28.1. The van der Waals surface area contributed by atoms with Gasteiger partial charge in [0.1, 0.15) is 12.2 Å². The summed E-state index contributed by atoms with van der Waals surface area (Å²) in [5, 5.41) is 2.53. The first kappa shape index (κ1) is 20.4. The predicted molar refractivity (Wildman–Crippen MR) is 106 cm³/mol. The number of nitrogens with zero attached hydrogens (tertiary/aromatic N) is 2. The molecule has 1 aromatic carbocycles. The van der Waals surface area contributed by atoms with Crippen molar-refractivity contribution in [1.82, 2.24) is 15.4 Å². The Kier molecular flexibility index (Phi) is 6.14. The minimum Gasteiger partial charge on any atom is -0.368 e. The molecule has 1 amide bonds. The molecule has 5 N–H and O–H groups in total. The predicted octanol–water partition coefficient (Wildman–Crippen LogP) is -0.918. The number of nitrogens with two attached hydrogens (primary N) is 1. The van der Waals surface area contributed by atoms with Crippen LogP contribution in [0, 0.1) is 0 Å². The summed E-state index contributed by atoms with van der Waals surface area (Å²) in [6.07, 6.45) is 0.644. The number of hydrogen-bond acceptors (Lipinski definition) is 8. The number of hydroxylamine groups is 1. The van der Waals surface area contributed by atoms with Crippen LogP contribution in [-0.4, -0.2) is 37.6 Å². The molecule has 2 heterocycles. The molecule has 1 atom stereocenters. The number of carbonyl (C=O) groups excluding carboxylic acids is 1. The van der Waals surface area contributed by atoms with Crippen LogP contribution in [-0.2, 0) is 32.0 Å². The zero-order chi connectivity index (χ0) is 20.9. The number of benzene rings is 1. The number of hydrogen-bond donors (Lipinski definition) is 4. The van der Waals surface area contributed by atoms with Gasteiger partial charge >= 0.3 is 0 Å². The zero-order valence-electron chi connectivity index (χ0n) is 15.2. The summed E-state index contributed by atoms with van der Waals surface area (Å²) in [6.45, 7) is -0.203. The van der Waals surface area contributed by atoms with Crippen LogP contribution < -0.4 is 26.8 Å². The van der Waals surface area contributed by atoms with Gasteiger partial charge in [0.2, 0.25) is 21.9 Å². The fourth-order valence-electron chi connectivity index (χ4n) is 2.57. The van der Waals surface area contributed by atoms with Crippen LogP contribution in [0.15, 0.2) is 58.4 Å². The molecule has 12 heteroatoms. The minimum absolute atomic E-state index is 0.0993. The van der Waals surface area contributed by atoms with Gasteiger partial charge in [0.15, 0.2) is 6.23 Å². The maximum absolute atomic E-state index is 12.5. The number of aromatic nitrogens is 1. The van der Waals surface area contributed by atoms with Crippen LogP contribution in [0.25, 0.3) is 0 Å². The van der Waals surface area contributed by atoms with Crippen molar-refractivity contribution in [3.05, 3.63) is 64.6 Å². The van der Waals surface area contributed by atoms with Gasteiger partial charge in [-0.3, -0.25) is 14.3 Å². The molecule has 0 spiro atoms. The lowest BCUT2D eigenvalue weighted by molar-refractivity contribution is -0.127. The maximum atomic E-state index is 12.5. The minimum atomic E-state index is -3.80. The third kappa shape index (κ3) is 5.80. The van der Waals surface area contributed by atoms with E-state index in [0.29, 0.717) is 5.56 Å². The average Bonchev–Trinajstić information content (AvgIpc) is 2.67. The molecule has 0 aliphatic carbocycles. The summed E-state index contributed by atoms with van der Waals surface area (Å²) in [4.78, 5) is 33.6. The monoisotopic (exact) mass is 420 g/mol. The quantitative estimate of drug-likeness (QED) is 0.451. The number of pyridine rings is 1. The van der Waals surface area contributed by atoms with Crippen molar-refractivity contribution in [2.24, 2.45) is 10.7 Å². The molecule has 0 fully saturated rings. The van der Waals surface area contributed by atoms with Crippen LogP contribution in [0.2, 0.25) is 0 Å². The van der Waals surface area contributed by atoms with Crippen molar-refractivity contribution in [2.45, 2.75) is 18.5 Å². The van der Waals surface area contributed by atoms with E-state index in [-0.39, 0.29) is 30.5 Å². The van der Waals surface area contributed by atoms with Gasteiger partial charge in [-0.1, -0.05) is 30.3 Å². The normalized spacial score (nSPS) is 16.4. The van der Waals surface area contributed by atoms with Gasteiger partial charge in [0, 0.05) is 6.20 Å². The highest BCUT2D eigenvalue weighted by molar-refractivity contribution is 7.91. The summed E-state index contributed by atoms with van der Waals surface area (Å²) in [6, 6.07) is 11.4. The van der Waals surface area contributed by atoms with E-state index < -0.39 is 27.7 Å². The van der Waals surface area contributed by atoms with Crippen molar-refractivity contribution in [1.29, 1.82) is 0 Å². The standard InChI is InChI=1S/C17H20N6O5S/c18-17-19-9-15(28-21-17)20-14(24)10-23-8-4-7-13(16(23)25)22-29(26,27)11-12-5-2-1-3-6-12/h1-8,15,22H,9-11H2,(H,20,24)(H3,18,19,21). The Morgan fingerprint density at radius 2 is 2.03 bits per heavy atom. The molecular formula is C17H20N6O5S. The van der Waals surface area contributed by atoms with Gasteiger partial charge in [0.05, 0.1) is 12.3 Å². The molecule has 154 valence electrons. The first-order valence-electron chi connectivity index (χ1n) is 8.57. The smallest absolute Gasteiger partial charge is 0.275 e. The molecule has 11 nitrogen and oxygen atoms in total. The second-order valence-corrected chi connectivity index (χ2v) is 7.93. The first-order chi connectivity index (χ1) is 13.8. The van der Waals surface area contributed by atoms with E-state index in [1.807, 2.05) is 0 Å².